The number of fused-ring (bicyclic) bond motifs is 1. The number of carbonyl (C=O) groups is 1. The average molecular weight is 391 g/mol. The van der Waals surface area contributed by atoms with Gasteiger partial charge in [-0.05, 0) is 35.8 Å². The van der Waals surface area contributed by atoms with Gasteiger partial charge < -0.3 is 4.74 Å². The molecule has 0 N–H and O–H groups in total. The summed E-state index contributed by atoms with van der Waals surface area (Å²) >= 11 is 1.28. The number of rotatable bonds is 4. The molecule has 0 atom stereocenters. The van der Waals surface area contributed by atoms with E-state index in [-0.39, 0.29) is 5.56 Å². The maximum absolute atomic E-state index is 12.7. The summed E-state index contributed by atoms with van der Waals surface area (Å²) in [4.78, 5) is 29.0. The van der Waals surface area contributed by atoms with E-state index in [4.69, 9.17) is 4.74 Å². The van der Waals surface area contributed by atoms with Crippen LogP contribution in [-0.4, -0.2) is 20.6 Å². The average Bonchev–Trinajstić information content (AvgIpc) is 3.22. The minimum atomic E-state index is -0.427. The number of thiazole rings is 1. The summed E-state index contributed by atoms with van der Waals surface area (Å²) in [6, 6.07) is 15.1. The number of hydrogen-bond donors (Lipinski definition) is 0. The molecule has 2 heterocycles. The monoisotopic (exact) mass is 391 g/mol. The molecule has 7 heteroatoms. The van der Waals surface area contributed by atoms with Crippen molar-refractivity contribution in [2.75, 3.05) is 0 Å². The Kier molecular flexibility index (Phi) is 4.75. The van der Waals surface area contributed by atoms with Crippen LogP contribution in [-0.2, 0) is 11.2 Å². The van der Waals surface area contributed by atoms with Crippen molar-refractivity contribution >= 4 is 28.3 Å². The largest absolute Gasteiger partial charge is 0.426 e. The van der Waals surface area contributed by atoms with Crippen molar-refractivity contribution < 1.29 is 9.53 Å². The SMILES string of the molecule is CCc1ccc(C=c2sc3nc(-c4ccccc4OC(C)=O)nn3c2=O)cc1. The molecule has 0 spiro atoms. The number of aromatic nitrogens is 3. The molecular formula is C21H17N3O3S. The third-order valence-electron chi connectivity index (χ3n) is 4.25. The maximum atomic E-state index is 12.7. The molecule has 0 aliphatic rings. The van der Waals surface area contributed by atoms with Gasteiger partial charge in [-0.2, -0.15) is 9.50 Å². The first-order valence-electron chi connectivity index (χ1n) is 8.83. The van der Waals surface area contributed by atoms with Crippen LogP contribution in [0.25, 0.3) is 22.4 Å². The third-order valence-corrected chi connectivity index (χ3v) is 5.21. The van der Waals surface area contributed by atoms with Gasteiger partial charge in [0.25, 0.3) is 5.56 Å². The third kappa shape index (κ3) is 3.44. The number of carbonyl (C=O) groups excluding carboxylic acids is 1. The van der Waals surface area contributed by atoms with Crippen LogP contribution in [0.3, 0.4) is 0 Å². The summed E-state index contributed by atoms with van der Waals surface area (Å²) in [5.41, 5.74) is 2.55. The second-order valence-electron chi connectivity index (χ2n) is 6.23. The Hall–Kier alpha value is -3.32. The minimum Gasteiger partial charge on any atom is -0.426 e. The van der Waals surface area contributed by atoms with Crippen LogP contribution >= 0.6 is 11.3 Å². The molecule has 0 radical (unpaired) electrons. The first-order valence-corrected chi connectivity index (χ1v) is 9.65. The van der Waals surface area contributed by atoms with Crippen molar-refractivity contribution in [2.45, 2.75) is 20.3 Å². The molecule has 0 aliphatic heterocycles. The van der Waals surface area contributed by atoms with Crippen molar-refractivity contribution in [1.29, 1.82) is 0 Å². The predicted octanol–water partition coefficient (Wildman–Crippen LogP) is 2.85. The fourth-order valence-electron chi connectivity index (χ4n) is 2.84. The second-order valence-corrected chi connectivity index (χ2v) is 7.24. The predicted molar refractivity (Wildman–Crippen MR) is 108 cm³/mol. The van der Waals surface area contributed by atoms with E-state index in [1.165, 1.54) is 28.3 Å². The van der Waals surface area contributed by atoms with Gasteiger partial charge in [0, 0.05) is 6.92 Å². The smallest absolute Gasteiger partial charge is 0.308 e. The highest BCUT2D eigenvalue weighted by atomic mass is 32.1. The van der Waals surface area contributed by atoms with Crippen LogP contribution in [0, 0.1) is 0 Å². The molecule has 0 saturated carbocycles. The van der Waals surface area contributed by atoms with Crippen molar-refractivity contribution in [3.05, 3.63) is 74.5 Å². The minimum absolute atomic E-state index is 0.219. The molecule has 0 aliphatic carbocycles. The molecule has 0 amide bonds. The van der Waals surface area contributed by atoms with Gasteiger partial charge in [0.15, 0.2) is 5.82 Å². The summed E-state index contributed by atoms with van der Waals surface area (Å²) in [5.74, 6) is 0.284. The first-order chi connectivity index (χ1) is 13.5. The molecule has 28 heavy (non-hydrogen) atoms. The van der Waals surface area contributed by atoms with Gasteiger partial charge in [-0.25, -0.2) is 0 Å². The zero-order valence-corrected chi connectivity index (χ0v) is 16.2. The highest BCUT2D eigenvalue weighted by molar-refractivity contribution is 7.15. The van der Waals surface area contributed by atoms with Gasteiger partial charge in [0.1, 0.15) is 5.75 Å². The van der Waals surface area contributed by atoms with Crippen molar-refractivity contribution in [2.24, 2.45) is 0 Å². The number of aryl methyl sites for hydroxylation is 1. The fourth-order valence-corrected chi connectivity index (χ4v) is 3.75. The molecule has 4 aromatic rings. The Balaban J connectivity index is 1.76. The standard InChI is InChI=1S/C21H17N3O3S/c1-3-14-8-10-15(11-9-14)12-18-20(26)24-21(28-18)22-19(23-24)16-6-4-5-7-17(16)27-13(2)25/h4-12H,3H2,1-2H3. The van der Waals surface area contributed by atoms with Crippen LogP contribution in [0.1, 0.15) is 25.0 Å². The topological polar surface area (TPSA) is 73.6 Å². The van der Waals surface area contributed by atoms with E-state index in [2.05, 4.69) is 29.1 Å². The van der Waals surface area contributed by atoms with Gasteiger partial charge in [0.05, 0.1) is 10.1 Å². The molecule has 0 fully saturated rings. The molecule has 4 rings (SSSR count). The lowest BCUT2D eigenvalue weighted by Gasteiger charge is -2.04. The molecule has 2 aromatic carbocycles. The zero-order chi connectivity index (χ0) is 19.7. The fraction of sp³-hybridized carbons (Fsp3) is 0.143. The Morgan fingerprint density at radius 3 is 2.61 bits per heavy atom. The highest BCUT2D eigenvalue weighted by Gasteiger charge is 2.16. The molecule has 0 bridgehead atoms. The summed E-state index contributed by atoms with van der Waals surface area (Å²) in [6.45, 7) is 3.44. The van der Waals surface area contributed by atoms with Crippen molar-refractivity contribution in [1.82, 2.24) is 14.6 Å². The Labute approximate surface area is 164 Å². The number of nitrogens with zero attached hydrogens (tertiary/aromatic N) is 3. The number of ether oxygens (including phenoxy) is 1. The van der Waals surface area contributed by atoms with Crippen LogP contribution in [0.5, 0.6) is 5.75 Å². The first kappa shape index (κ1) is 18.1. The van der Waals surface area contributed by atoms with E-state index in [0.717, 1.165) is 12.0 Å². The van der Waals surface area contributed by atoms with Gasteiger partial charge in [-0.3, -0.25) is 9.59 Å². The lowest BCUT2D eigenvalue weighted by atomic mass is 10.1. The molecular weight excluding hydrogens is 374 g/mol. The normalized spacial score (nSPS) is 11.9. The number of benzene rings is 2. The van der Waals surface area contributed by atoms with Crippen LogP contribution in [0.4, 0.5) is 0 Å². The van der Waals surface area contributed by atoms with Gasteiger partial charge in [-0.15, -0.1) is 5.10 Å². The molecule has 0 unspecified atom stereocenters. The Morgan fingerprint density at radius 1 is 1.18 bits per heavy atom. The summed E-state index contributed by atoms with van der Waals surface area (Å²) < 4.78 is 7.07. The van der Waals surface area contributed by atoms with E-state index in [9.17, 15) is 9.59 Å². The van der Waals surface area contributed by atoms with Crippen molar-refractivity contribution in [3.8, 4) is 17.1 Å². The van der Waals surface area contributed by atoms with E-state index < -0.39 is 5.97 Å². The Morgan fingerprint density at radius 2 is 1.93 bits per heavy atom. The zero-order valence-electron chi connectivity index (χ0n) is 15.4. The molecule has 140 valence electrons. The van der Waals surface area contributed by atoms with Gasteiger partial charge in [-0.1, -0.05) is 54.7 Å². The van der Waals surface area contributed by atoms with Crippen LogP contribution in [0.2, 0.25) is 0 Å². The van der Waals surface area contributed by atoms with E-state index in [1.807, 2.05) is 18.2 Å². The summed E-state index contributed by atoms with van der Waals surface area (Å²) in [7, 11) is 0. The van der Waals surface area contributed by atoms with E-state index >= 15 is 0 Å². The second kappa shape index (κ2) is 7.36. The molecule has 0 saturated heterocycles. The van der Waals surface area contributed by atoms with Crippen LogP contribution in [0.15, 0.2) is 53.3 Å². The van der Waals surface area contributed by atoms with Gasteiger partial charge >= 0.3 is 5.97 Å². The number of para-hydroxylation sites is 1. The Bertz CT molecular complexity index is 1270. The van der Waals surface area contributed by atoms with E-state index in [1.54, 1.807) is 24.3 Å². The molecule has 2 aromatic heterocycles. The van der Waals surface area contributed by atoms with E-state index in [0.29, 0.717) is 26.6 Å². The van der Waals surface area contributed by atoms with Crippen LogP contribution < -0.4 is 14.8 Å². The lowest BCUT2D eigenvalue weighted by Crippen LogP contribution is -2.23. The maximum Gasteiger partial charge on any atom is 0.308 e. The summed E-state index contributed by atoms with van der Waals surface area (Å²) in [6.07, 6.45) is 2.82. The summed E-state index contributed by atoms with van der Waals surface area (Å²) in [5, 5.41) is 4.33. The van der Waals surface area contributed by atoms with Crippen molar-refractivity contribution in [3.63, 3.8) is 0 Å². The van der Waals surface area contributed by atoms with Gasteiger partial charge in [0.2, 0.25) is 4.96 Å². The lowest BCUT2D eigenvalue weighted by molar-refractivity contribution is -0.131. The number of esters is 1. The highest BCUT2D eigenvalue weighted by Crippen LogP contribution is 2.27. The quantitative estimate of drug-likeness (QED) is 0.395. The number of hydrogen-bond acceptors (Lipinski definition) is 6. The molecule has 6 nitrogen and oxygen atoms in total.